The van der Waals surface area contributed by atoms with E-state index < -0.39 is 24.1 Å². The monoisotopic (exact) mass is 252 g/mol. The Balaban J connectivity index is 2.27. The number of amides is 1. The van der Waals surface area contributed by atoms with Crippen molar-refractivity contribution in [3.05, 3.63) is 29.6 Å². The number of nitrogens with zero attached hydrogens (tertiary/aromatic N) is 2. The van der Waals surface area contributed by atoms with Crippen LogP contribution in [-0.4, -0.2) is 62.4 Å². The predicted octanol–water partition coefficient (Wildman–Crippen LogP) is -1.04. The number of aromatic carboxylic acids is 1. The summed E-state index contributed by atoms with van der Waals surface area (Å²) in [7, 11) is 0. The molecule has 0 aromatic carbocycles. The lowest BCUT2D eigenvalue weighted by Gasteiger charge is -2.15. The second-order valence-corrected chi connectivity index (χ2v) is 4.05. The third kappa shape index (κ3) is 2.18. The van der Waals surface area contributed by atoms with Gasteiger partial charge in [0.1, 0.15) is 5.69 Å². The molecule has 0 saturated carbocycles. The summed E-state index contributed by atoms with van der Waals surface area (Å²) < 4.78 is 0. The van der Waals surface area contributed by atoms with Gasteiger partial charge in [0.25, 0.3) is 5.91 Å². The molecule has 2 rings (SSSR count). The molecule has 1 saturated heterocycles. The minimum atomic E-state index is -1.24. The zero-order valence-electron chi connectivity index (χ0n) is 9.35. The number of hydrogen-bond acceptors (Lipinski definition) is 5. The fourth-order valence-corrected chi connectivity index (χ4v) is 1.83. The van der Waals surface area contributed by atoms with E-state index in [1.165, 1.54) is 23.2 Å². The summed E-state index contributed by atoms with van der Waals surface area (Å²) in [6, 6.07) is 2.71. The summed E-state index contributed by atoms with van der Waals surface area (Å²) in [6.45, 7) is -0.0642. The molecule has 0 bridgehead atoms. The number of carboxylic acid groups (broad SMARTS) is 1. The van der Waals surface area contributed by atoms with Crippen molar-refractivity contribution in [1.29, 1.82) is 0 Å². The van der Waals surface area contributed by atoms with E-state index in [9.17, 15) is 19.8 Å². The Labute approximate surface area is 102 Å². The van der Waals surface area contributed by atoms with E-state index in [1.807, 2.05) is 0 Å². The molecule has 1 aromatic rings. The molecule has 1 aliphatic rings. The Kier molecular flexibility index (Phi) is 3.26. The van der Waals surface area contributed by atoms with Crippen LogP contribution in [-0.2, 0) is 0 Å². The average Bonchev–Trinajstić information content (AvgIpc) is 2.68. The molecule has 1 fully saturated rings. The highest BCUT2D eigenvalue weighted by Gasteiger charge is 2.34. The topological polar surface area (TPSA) is 111 Å². The molecule has 0 radical (unpaired) electrons. The zero-order valence-corrected chi connectivity index (χ0v) is 9.35. The highest BCUT2D eigenvalue weighted by molar-refractivity contribution is 6.03. The molecule has 96 valence electrons. The van der Waals surface area contributed by atoms with Gasteiger partial charge in [-0.05, 0) is 12.1 Å². The predicted molar refractivity (Wildman–Crippen MR) is 59.1 cm³/mol. The van der Waals surface area contributed by atoms with Crippen molar-refractivity contribution in [3.63, 3.8) is 0 Å². The second-order valence-electron chi connectivity index (χ2n) is 4.05. The Hall–Kier alpha value is -1.99. The molecule has 7 heteroatoms. The van der Waals surface area contributed by atoms with Crippen LogP contribution in [0.2, 0.25) is 0 Å². The molecule has 2 atom stereocenters. The van der Waals surface area contributed by atoms with Crippen molar-refractivity contribution in [1.82, 2.24) is 9.88 Å². The van der Waals surface area contributed by atoms with Gasteiger partial charge in [-0.2, -0.15) is 0 Å². The third-order valence-electron chi connectivity index (χ3n) is 2.79. The Morgan fingerprint density at radius 1 is 1.28 bits per heavy atom. The number of pyridine rings is 1. The maximum absolute atomic E-state index is 12.0. The standard InChI is InChI=1S/C11H12N2O5/c14-7-4-13(5-8(7)15)10(16)9-6(11(17)18)2-1-3-12-9/h1-3,7-8,14-15H,4-5H2,(H,17,18). The van der Waals surface area contributed by atoms with Gasteiger partial charge in [-0.15, -0.1) is 0 Å². The van der Waals surface area contributed by atoms with Gasteiger partial charge in [0, 0.05) is 19.3 Å². The molecule has 2 unspecified atom stereocenters. The number of aromatic nitrogens is 1. The molecule has 1 amide bonds. The number of β-amino-alcohol motifs (C(OH)–C–C–N with tert-alkyl or cyclic N) is 2. The number of carbonyl (C=O) groups is 2. The van der Waals surface area contributed by atoms with Crippen LogP contribution in [0.25, 0.3) is 0 Å². The molecule has 1 aromatic heterocycles. The highest BCUT2D eigenvalue weighted by atomic mass is 16.4. The smallest absolute Gasteiger partial charge is 0.338 e. The van der Waals surface area contributed by atoms with Gasteiger partial charge in [-0.25, -0.2) is 4.79 Å². The van der Waals surface area contributed by atoms with Crippen molar-refractivity contribution >= 4 is 11.9 Å². The summed E-state index contributed by atoms with van der Waals surface area (Å²) in [4.78, 5) is 27.9. The summed E-state index contributed by atoms with van der Waals surface area (Å²) >= 11 is 0. The van der Waals surface area contributed by atoms with Gasteiger partial charge in [0.15, 0.2) is 0 Å². The van der Waals surface area contributed by atoms with Gasteiger partial charge in [-0.3, -0.25) is 9.78 Å². The maximum atomic E-state index is 12.0. The highest BCUT2D eigenvalue weighted by Crippen LogP contribution is 2.15. The van der Waals surface area contributed by atoms with Crippen LogP contribution in [0.15, 0.2) is 18.3 Å². The SMILES string of the molecule is O=C(O)c1cccnc1C(=O)N1CC(O)C(O)C1. The normalized spacial score (nSPS) is 23.1. The van der Waals surface area contributed by atoms with E-state index in [2.05, 4.69) is 4.98 Å². The number of rotatable bonds is 2. The first kappa shape index (κ1) is 12.5. The molecule has 2 heterocycles. The first-order chi connectivity index (χ1) is 8.50. The van der Waals surface area contributed by atoms with Gasteiger partial charge < -0.3 is 20.2 Å². The van der Waals surface area contributed by atoms with Crippen LogP contribution in [0.4, 0.5) is 0 Å². The fourth-order valence-electron chi connectivity index (χ4n) is 1.83. The van der Waals surface area contributed by atoms with Crippen molar-refractivity contribution < 1.29 is 24.9 Å². The van der Waals surface area contributed by atoms with Gasteiger partial charge in [0.05, 0.1) is 17.8 Å². The van der Waals surface area contributed by atoms with Gasteiger partial charge in [0.2, 0.25) is 0 Å². The van der Waals surface area contributed by atoms with Crippen molar-refractivity contribution in [3.8, 4) is 0 Å². The molecule has 0 aliphatic carbocycles. The summed E-state index contributed by atoms with van der Waals surface area (Å²) in [6.07, 6.45) is -0.695. The number of aliphatic hydroxyl groups is 2. The largest absolute Gasteiger partial charge is 0.478 e. The van der Waals surface area contributed by atoms with Crippen LogP contribution in [0.1, 0.15) is 20.8 Å². The second kappa shape index (κ2) is 4.71. The molecule has 0 spiro atoms. The van der Waals surface area contributed by atoms with Gasteiger partial charge >= 0.3 is 5.97 Å². The van der Waals surface area contributed by atoms with Crippen molar-refractivity contribution in [2.45, 2.75) is 12.2 Å². The molecule has 3 N–H and O–H groups in total. The first-order valence-corrected chi connectivity index (χ1v) is 5.34. The maximum Gasteiger partial charge on any atom is 0.338 e. The van der Waals surface area contributed by atoms with Crippen LogP contribution < -0.4 is 0 Å². The summed E-state index contributed by atoms with van der Waals surface area (Å²) in [5, 5.41) is 27.7. The Bertz CT molecular complexity index is 480. The van der Waals surface area contributed by atoms with Crippen LogP contribution in [0.5, 0.6) is 0 Å². The van der Waals surface area contributed by atoms with Crippen molar-refractivity contribution in [2.75, 3.05) is 13.1 Å². The van der Waals surface area contributed by atoms with Crippen molar-refractivity contribution in [2.24, 2.45) is 0 Å². The number of hydrogen-bond donors (Lipinski definition) is 3. The van der Waals surface area contributed by atoms with E-state index in [1.54, 1.807) is 0 Å². The molecular weight excluding hydrogens is 240 g/mol. The number of carboxylic acids is 1. The zero-order chi connectivity index (χ0) is 13.3. The minimum absolute atomic E-state index is 0.0321. The van der Waals surface area contributed by atoms with Crippen LogP contribution >= 0.6 is 0 Å². The fraction of sp³-hybridized carbons (Fsp3) is 0.364. The summed E-state index contributed by atoms with van der Waals surface area (Å²) in [5.74, 6) is -1.85. The molecule has 18 heavy (non-hydrogen) atoms. The van der Waals surface area contributed by atoms with Crippen LogP contribution in [0.3, 0.4) is 0 Å². The summed E-state index contributed by atoms with van der Waals surface area (Å²) in [5.41, 5.74) is -0.385. The van der Waals surface area contributed by atoms with E-state index in [0.717, 1.165) is 0 Å². The number of aliphatic hydroxyl groups excluding tert-OH is 2. The lowest BCUT2D eigenvalue weighted by atomic mass is 10.2. The van der Waals surface area contributed by atoms with E-state index >= 15 is 0 Å². The van der Waals surface area contributed by atoms with Gasteiger partial charge in [-0.1, -0.05) is 0 Å². The van der Waals surface area contributed by atoms with E-state index in [-0.39, 0.29) is 24.3 Å². The third-order valence-corrected chi connectivity index (χ3v) is 2.79. The molecule has 7 nitrogen and oxygen atoms in total. The number of carbonyl (C=O) groups excluding carboxylic acids is 1. The number of likely N-dealkylation sites (tertiary alicyclic amines) is 1. The molecule has 1 aliphatic heterocycles. The lowest BCUT2D eigenvalue weighted by molar-refractivity contribution is 0.0572. The molecular formula is C11H12N2O5. The quantitative estimate of drug-likeness (QED) is 0.620. The minimum Gasteiger partial charge on any atom is -0.478 e. The average molecular weight is 252 g/mol. The van der Waals surface area contributed by atoms with E-state index in [0.29, 0.717) is 0 Å². The Morgan fingerprint density at radius 3 is 2.44 bits per heavy atom. The lowest BCUT2D eigenvalue weighted by Crippen LogP contribution is -2.31. The van der Waals surface area contributed by atoms with E-state index in [4.69, 9.17) is 5.11 Å². The first-order valence-electron chi connectivity index (χ1n) is 5.34. The Morgan fingerprint density at radius 2 is 1.89 bits per heavy atom. The van der Waals surface area contributed by atoms with Crippen LogP contribution in [0, 0.1) is 0 Å².